The average molecular weight is 441 g/mol. The van der Waals surface area contributed by atoms with Crippen LogP contribution >= 0.6 is 34.5 Å². The van der Waals surface area contributed by atoms with Gasteiger partial charge in [-0.05, 0) is 24.3 Å². The van der Waals surface area contributed by atoms with E-state index < -0.39 is 20.0 Å². The molecule has 6 nitrogen and oxygen atoms in total. The predicted octanol–water partition coefficient (Wildman–Crippen LogP) is 2.75. The van der Waals surface area contributed by atoms with Gasteiger partial charge < -0.3 is 0 Å². The molecule has 3 rings (SSSR count). The van der Waals surface area contributed by atoms with Crippen LogP contribution in [0.15, 0.2) is 45.5 Å². The minimum atomic E-state index is -3.76. The quantitative estimate of drug-likeness (QED) is 0.732. The molecule has 25 heavy (non-hydrogen) atoms. The van der Waals surface area contributed by atoms with E-state index in [2.05, 4.69) is 0 Å². The van der Waals surface area contributed by atoms with E-state index in [1.165, 1.54) is 32.9 Å². The first-order valence-corrected chi connectivity index (χ1v) is 11.7. The van der Waals surface area contributed by atoms with Gasteiger partial charge in [0.1, 0.15) is 9.10 Å². The van der Waals surface area contributed by atoms with Crippen molar-refractivity contribution in [3.63, 3.8) is 0 Å². The second-order valence-electron chi connectivity index (χ2n) is 5.30. The highest BCUT2D eigenvalue weighted by Gasteiger charge is 2.35. The maximum Gasteiger partial charge on any atom is 0.252 e. The summed E-state index contributed by atoms with van der Waals surface area (Å²) in [6, 6.07) is 9.18. The van der Waals surface area contributed by atoms with Crippen molar-refractivity contribution >= 4 is 54.6 Å². The highest BCUT2D eigenvalue weighted by atomic mass is 35.5. The van der Waals surface area contributed by atoms with Gasteiger partial charge in [-0.3, -0.25) is 0 Å². The smallest absolute Gasteiger partial charge is 0.207 e. The number of hydrogen-bond acceptors (Lipinski definition) is 5. The van der Waals surface area contributed by atoms with Crippen LogP contribution in [-0.4, -0.2) is 51.6 Å². The zero-order valence-corrected chi connectivity index (χ0v) is 16.8. The van der Waals surface area contributed by atoms with Crippen molar-refractivity contribution in [1.82, 2.24) is 8.61 Å². The third-order valence-electron chi connectivity index (χ3n) is 3.79. The number of nitrogens with zero attached hydrogens (tertiary/aromatic N) is 2. The number of halogens is 2. The highest BCUT2D eigenvalue weighted by Crippen LogP contribution is 2.30. The topological polar surface area (TPSA) is 74.8 Å². The van der Waals surface area contributed by atoms with Crippen LogP contribution in [0.2, 0.25) is 9.36 Å². The first-order chi connectivity index (χ1) is 11.7. The fourth-order valence-corrected chi connectivity index (χ4v) is 7.48. The molecule has 136 valence electrons. The molecule has 0 unspecified atom stereocenters. The molecule has 0 aliphatic carbocycles. The van der Waals surface area contributed by atoms with E-state index in [4.69, 9.17) is 23.2 Å². The Morgan fingerprint density at radius 2 is 1.36 bits per heavy atom. The van der Waals surface area contributed by atoms with Gasteiger partial charge in [-0.15, -0.1) is 11.3 Å². The van der Waals surface area contributed by atoms with Crippen LogP contribution in [0.5, 0.6) is 0 Å². The molecule has 0 atom stereocenters. The summed E-state index contributed by atoms with van der Waals surface area (Å²) < 4.78 is 53.6. The molecule has 0 amide bonds. The normalized spacial score (nSPS) is 17.7. The minimum absolute atomic E-state index is 0.0259. The first kappa shape index (κ1) is 19.1. The first-order valence-electron chi connectivity index (χ1n) is 7.23. The summed E-state index contributed by atoms with van der Waals surface area (Å²) in [6.45, 7) is 0.265. The SMILES string of the molecule is O=S(=O)(c1ccc(Cl)s1)N1CCN(S(=O)(=O)c2ccccc2Cl)CC1. The Morgan fingerprint density at radius 1 is 0.800 bits per heavy atom. The molecule has 1 aliphatic rings. The van der Waals surface area contributed by atoms with Crippen molar-refractivity contribution in [3.8, 4) is 0 Å². The summed E-state index contributed by atoms with van der Waals surface area (Å²) in [5.74, 6) is 0. The van der Waals surface area contributed by atoms with Gasteiger partial charge in [0.2, 0.25) is 10.0 Å². The molecular weight excluding hydrogens is 427 g/mol. The fraction of sp³-hybridized carbons (Fsp3) is 0.286. The Bertz CT molecular complexity index is 981. The fourth-order valence-electron chi connectivity index (χ4n) is 2.51. The molecule has 1 aliphatic heterocycles. The largest absolute Gasteiger partial charge is 0.252 e. The average Bonchev–Trinajstić information content (AvgIpc) is 3.02. The lowest BCUT2D eigenvalue weighted by molar-refractivity contribution is 0.273. The van der Waals surface area contributed by atoms with Gasteiger partial charge in [0, 0.05) is 26.2 Å². The molecule has 11 heteroatoms. The van der Waals surface area contributed by atoms with Crippen LogP contribution in [0.1, 0.15) is 0 Å². The van der Waals surface area contributed by atoms with Crippen molar-refractivity contribution in [2.45, 2.75) is 9.10 Å². The van der Waals surface area contributed by atoms with Gasteiger partial charge in [-0.25, -0.2) is 16.8 Å². The number of hydrogen-bond donors (Lipinski definition) is 0. The van der Waals surface area contributed by atoms with Gasteiger partial charge in [0.25, 0.3) is 10.0 Å². The lowest BCUT2D eigenvalue weighted by Gasteiger charge is -2.33. The number of benzene rings is 1. The number of thiophene rings is 1. The zero-order chi connectivity index (χ0) is 18.2. The van der Waals surface area contributed by atoms with Crippen LogP contribution < -0.4 is 0 Å². The minimum Gasteiger partial charge on any atom is -0.207 e. The summed E-state index contributed by atoms with van der Waals surface area (Å²) in [6.07, 6.45) is 0. The summed E-state index contributed by atoms with van der Waals surface area (Å²) in [4.78, 5) is 0.0259. The van der Waals surface area contributed by atoms with Gasteiger partial charge in [0.05, 0.1) is 9.36 Å². The second kappa shape index (κ2) is 7.15. The van der Waals surface area contributed by atoms with Gasteiger partial charge in [-0.1, -0.05) is 35.3 Å². The zero-order valence-electron chi connectivity index (χ0n) is 12.8. The van der Waals surface area contributed by atoms with Crippen LogP contribution in [0.4, 0.5) is 0 Å². The standard InChI is InChI=1S/C14H14Cl2N2O4S3/c15-11-3-1-2-4-12(11)24(19,20)17-7-9-18(10-8-17)25(21,22)14-6-5-13(16)23-14/h1-6H,7-10H2. The van der Waals surface area contributed by atoms with E-state index in [0.717, 1.165) is 11.3 Å². The van der Waals surface area contributed by atoms with Crippen LogP contribution in [0, 0.1) is 0 Å². The molecule has 0 N–H and O–H groups in total. The van der Waals surface area contributed by atoms with E-state index >= 15 is 0 Å². The second-order valence-corrected chi connectivity index (χ2v) is 11.5. The van der Waals surface area contributed by atoms with Crippen molar-refractivity contribution in [1.29, 1.82) is 0 Å². The maximum absolute atomic E-state index is 12.7. The van der Waals surface area contributed by atoms with Crippen molar-refractivity contribution < 1.29 is 16.8 Å². The molecular formula is C14H14Cl2N2O4S3. The summed E-state index contributed by atoms with van der Waals surface area (Å²) in [5.41, 5.74) is 0. The monoisotopic (exact) mass is 440 g/mol. The van der Waals surface area contributed by atoms with Gasteiger partial charge in [0.15, 0.2) is 0 Å². The molecule has 0 spiro atoms. The molecule has 0 saturated carbocycles. The van der Waals surface area contributed by atoms with E-state index in [0.29, 0.717) is 4.34 Å². The number of sulfonamides is 2. The van der Waals surface area contributed by atoms with Crippen LogP contribution in [0.25, 0.3) is 0 Å². The molecule has 1 saturated heterocycles. The third kappa shape index (κ3) is 3.73. The van der Waals surface area contributed by atoms with E-state index in [9.17, 15) is 16.8 Å². The molecule has 0 bridgehead atoms. The van der Waals surface area contributed by atoms with Crippen LogP contribution in [0.3, 0.4) is 0 Å². The van der Waals surface area contributed by atoms with E-state index in [-0.39, 0.29) is 40.3 Å². The van der Waals surface area contributed by atoms with E-state index in [1.54, 1.807) is 12.1 Å². The molecule has 0 radical (unpaired) electrons. The Balaban J connectivity index is 1.77. The van der Waals surface area contributed by atoms with Crippen molar-refractivity contribution in [3.05, 3.63) is 45.8 Å². The Hall–Kier alpha value is -0.680. The number of piperazine rings is 1. The van der Waals surface area contributed by atoms with Gasteiger partial charge >= 0.3 is 0 Å². The Morgan fingerprint density at radius 3 is 1.88 bits per heavy atom. The molecule has 1 aromatic heterocycles. The lowest BCUT2D eigenvalue weighted by atomic mass is 10.4. The maximum atomic E-state index is 12.7. The third-order valence-corrected chi connectivity index (χ3v) is 9.79. The Labute approximate surface area is 160 Å². The summed E-state index contributed by atoms with van der Waals surface area (Å²) >= 11 is 12.8. The molecule has 2 heterocycles. The number of rotatable bonds is 4. The molecule has 2 aromatic rings. The van der Waals surface area contributed by atoms with E-state index in [1.807, 2.05) is 0 Å². The highest BCUT2D eigenvalue weighted by molar-refractivity contribution is 7.91. The van der Waals surface area contributed by atoms with Crippen molar-refractivity contribution in [2.75, 3.05) is 26.2 Å². The summed E-state index contributed by atoms with van der Waals surface area (Å²) in [5, 5.41) is 0.144. The molecule has 1 fully saturated rings. The predicted molar refractivity (Wildman–Crippen MR) is 98.3 cm³/mol. The lowest BCUT2D eigenvalue weighted by Crippen LogP contribution is -2.50. The van der Waals surface area contributed by atoms with Crippen LogP contribution in [-0.2, 0) is 20.0 Å². The summed E-state index contributed by atoms with van der Waals surface area (Å²) in [7, 11) is -7.42. The van der Waals surface area contributed by atoms with Gasteiger partial charge in [-0.2, -0.15) is 8.61 Å². The Kier molecular flexibility index (Phi) is 5.46. The van der Waals surface area contributed by atoms with Crippen molar-refractivity contribution in [2.24, 2.45) is 0 Å². The molecule has 1 aromatic carbocycles.